The minimum Gasteiger partial charge on any atom is -0.378 e. The molecule has 1 aromatic rings. The zero-order chi connectivity index (χ0) is 21.2. The van der Waals surface area contributed by atoms with E-state index in [1.54, 1.807) is 14.7 Å². The Kier molecular flexibility index (Phi) is 4.87. The molecule has 170 valence electrons. The number of nitrogens with zero attached hydrogens (tertiary/aromatic N) is 3. The fourth-order valence-electron chi connectivity index (χ4n) is 5.73. The lowest BCUT2D eigenvalue weighted by molar-refractivity contribution is 0.0108. The highest BCUT2D eigenvalue weighted by molar-refractivity contribution is 7.86. The summed E-state index contributed by atoms with van der Waals surface area (Å²) < 4.78 is 41.3. The first kappa shape index (κ1) is 20.1. The molecule has 4 saturated heterocycles. The highest BCUT2D eigenvalue weighted by Gasteiger charge is 2.50. The van der Waals surface area contributed by atoms with Crippen LogP contribution in [0, 0.1) is 0 Å². The van der Waals surface area contributed by atoms with Crippen LogP contribution < -0.4 is 10.6 Å². The van der Waals surface area contributed by atoms with E-state index in [0.29, 0.717) is 50.8 Å². The first-order valence-corrected chi connectivity index (χ1v) is 12.8. The van der Waals surface area contributed by atoms with Crippen molar-refractivity contribution < 1.29 is 22.5 Å². The highest BCUT2D eigenvalue weighted by Crippen LogP contribution is 2.41. The lowest BCUT2D eigenvalue weighted by atomic mass is 9.99. The van der Waals surface area contributed by atoms with Gasteiger partial charge >= 0.3 is 0 Å². The number of carbonyl (C=O) groups excluding carboxylic acids is 1. The van der Waals surface area contributed by atoms with Crippen LogP contribution in [0.3, 0.4) is 0 Å². The van der Waals surface area contributed by atoms with Crippen molar-refractivity contribution in [1.82, 2.24) is 24.4 Å². The molecule has 10 nitrogen and oxygen atoms in total. The van der Waals surface area contributed by atoms with Crippen molar-refractivity contribution in [3.63, 3.8) is 0 Å². The maximum atomic E-state index is 13.5. The monoisotopic (exact) mass is 451 g/mol. The van der Waals surface area contributed by atoms with Crippen molar-refractivity contribution in [3.8, 4) is 0 Å². The molecule has 4 aliphatic heterocycles. The number of carbonyl (C=O) groups is 1. The van der Waals surface area contributed by atoms with Crippen molar-refractivity contribution in [2.75, 3.05) is 26.3 Å². The summed E-state index contributed by atoms with van der Waals surface area (Å²) in [4.78, 5) is 12.6. The Hall–Kier alpha value is -1.53. The third kappa shape index (κ3) is 3.70. The quantitative estimate of drug-likeness (QED) is 0.657. The van der Waals surface area contributed by atoms with Gasteiger partial charge in [-0.15, -0.1) is 0 Å². The number of morpholine rings is 1. The number of amides is 1. The summed E-state index contributed by atoms with van der Waals surface area (Å²) >= 11 is 0. The maximum Gasteiger partial charge on any atom is 0.282 e. The molecule has 2 N–H and O–H groups in total. The molecule has 5 fully saturated rings. The van der Waals surface area contributed by atoms with Gasteiger partial charge in [0.1, 0.15) is 5.76 Å². The molecule has 3 unspecified atom stereocenters. The van der Waals surface area contributed by atoms with Crippen molar-refractivity contribution >= 4 is 16.1 Å². The second-order valence-electron chi connectivity index (χ2n) is 9.67. The van der Waals surface area contributed by atoms with Gasteiger partial charge in [-0.3, -0.25) is 4.79 Å². The molecule has 5 heterocycles. The van der Waals surface area contributed by atoms with E-state index in [9.17, 15) is 13.2 Å². The van der Waals surface area contributed by atoms with E-state index < -0.39 is 10.2 Å². The SMILES string of the molecule is O=C(NC1C[C@H]2CC[C@@H](C1)N2S(=O)(=O)N1CC2COCC(C1)N2)c1cc(C2CC2)on1. The molecule has 31 heavy (non-hydrogen) atoms. The lowest BCUT2D eigenvalue weighted by Crippen LogP contribution is -2.66. The van der Waals surface area contributed by atoms with Crippen molar-refractivity contribution in [1.29, 1.82) is 0 Å². The number of hydrogen-bond acceptors (Lipinski definition) is 7. The van der Waals surface area contributed by atoms with E-state index in [-0.39, 0.29) is 36.1 Å². The smallest absolute Gasteiger partial charge is 0.282 e. The molecule has 4 bridgehead atoms. The van der Waals surface area contributed by atoms with Gasteiger partial charge in [0.05, 0.1) is 13.2 Å². The van der Waals surface area contributed by atoms with Gasteiger partial charge in [-0.2, -0.15) is 17.0 Å². The predicted octanol–water partition coefficient (Wildman–Crippen LogP) is 0.195. The number of piperidine rings is 1. The van der Waals surface area contributed by atoms with Crippen LogP contribution in [0.5, 0.6) is 0 Å². The second-order valence-corrected chi connectivity index (χ2v) is 11.5. The summed E-state index contributed by atoms with van der Waals surface area (Å²) in [6.07, 6.45) is 5.14. The predicted molar refractivity (Wildman–Crippen MR) is 110 cm³/mol. The zero-order valence-corrected chi connectivity index (χ0v) is 18.2. The van der Waals surface area contributed by atoms with Gasteiger partial charge < -0.3 is 19.9 Å². The summed E-state index contributed by atoms with van der Waals surface area (Å²) in [7, 11) is -3.54. The van der Waals surface area contributed by atoms with E-state index in [1.165, 1.54) is 0 Å². The van der Waals surface area contributed by atoms with Crippen molar-refractivity contribution in [3.05, 3.63) is 17.5 Å². The average molecular weight is 452 g/mol. The number of hydrogen-bond donors (Lipinski definition) is 2. The van der Waals surface area contributed by atoms with Crippen LogP contribution in [0.4, 0.5) is 0 Å². The van der Waals surface area contributed by atoms with Crippen LogP contribution >= 0.6 is 0 Å². The number of fused-ring (bicyclic) bond motifs is 4. The molecule has 11 heteroatoms. The topological polar surface area (TPSA) is 117 Å². The lowest BCUT2D eigenvalue weighted by Gasteiger charge is -2.45. The molecule has 5 atom stereocenters. The molecule has 5 aliphatic rings. The molecule has 1 amide bonds. The molecule has 0 spiro atoms. The summed E-state index contributed by atoms with van der Waals surface area (Å²) in [5.74, 6) is 0.970. The van der Waals surface area contributed by atoms with Crippen LogP contribution in [0.2, 0.25) is 0 Å². The maximum absolute atomic E-state index is 13.5. The zero-order valence-electron chi connectivity index (χ0n) is 17.4. The van der Waals surface area contributed by atoms with Gasteiger partial charge in [-0.05, 0) is 38.5 Å². The average Bonchev–Trinajstić information content (AvgIpc) is 3.39. The van der Waals surface area contributed by atoms with Crippen LogP contribution in [0.1, 0.15) is 60.7 Å². The van der Waals surface area contributed by atoms with Crippen molar-refractivity contribution in [2.45, 2.75) is 74.7 Å². The standard InChI is InChI=1S/C20H29N5O5S/c26-20(18-7-19(30-23-18)12-1-2-12)22-13-5-16-3-4-17(6-13)25(16)31(27,28)24-8-14-10-29-11-15(9-24)21-14/h7,12-17,21H,1-6,8-11H2,(H,22,26)/t13?,14?,15?,16-,17+. The fraction of sp³-hybridized carbons (Fsp3) is 0.800. The first-order valence-electron chi connectivity index (χ1n) is 11.4. The van der Waals surface area contributed by atoms with E-state index in [4.69, 9.17) is 9.26 Å². The summed E-state index contributed by atoms with van der Waals surface area (Å²) in [6, 6.07) is 1.66. The van der Waals surface area contributed by atoms with Gasteiger partial charge in [0, 0.05) is 55.3 Å². The summed E-state index contributed by atoms with van der Waals surface area (Å²) in [5, 5.41) is 10.4. The number of rotatable bonds is 5. The minimum absolute atomic E-state index is 0.0478. The van der Waals surface area contributed by atoms with E-state index >= 15 is 0 Å². The fourth-order valence-corrected chi connectivity index (χ4v) is 7.87. The normalized spacial score (nSPS) is 36.5. The summed E-state index contributed by atoms with van der Waals surface area (Å²) in [5.41, 5.74) is 0.318. The Morgan fingerprint density at radius 1 is 1.10 bits per heavy atom. The molecule has 0 aromatic carbocycles. The number of aromatic nitrogens is 1. The molecule has 6 rings (SSSR count). The number of nitrogens with one attached hydrogen (secondary N) is 2. The second kappa shape index (κ2) is 7.51. The Balaban J connectivity index is 1.12. The molecule has 1 saturated carbocycles. The van der Waals surface area contributed by atoms with Gasteiger partial charge in [0.15, 0.2) is 5.69 Å². The molecule has 0 radical (unpaired) electrons. The Labute approximate surface area is 181 Å². The van der Waals surface area contributed by atoms with Gasteiger partial charge in [0.2, 0.25) is 0 Å². The largest absolute Gasteiger partial charge is 0.378 e. The molecular weight excluding hydrogens is 422 g/mol. The summed E-state index contributed by atoms with van der Waals surface area (Å²) in [6.45, 7) is 2.00. The Morgan fingerprint density at radius 2 is 1.77 bits per heavy atom. The van der Waals surface area contributed by atoms with Gasteiger partial charge in [-0.25, -0.2) is 0 Å². The first-order chi connectivity index (χ1) is 15.0. The van der Waals surface area contributed by atoms with E-state index in [1.807, 2.05) is 0 Å². The van der Waals surface area contributed by atoms with E-state index in [0.717, 1.165) is 31.4 Å². The number of piperazine rings is 1. The van der Waals surface area contributed by atoms with Gasteiger partial charge in [-0.1, -0.05) is 5.16 Å². The van der Waals surface area contributed by atoms with E-state index in [2.05, 4.69) is 15.8 Å². The van der Waals surface area contributed by atoms with Crippen LogP contribution in [0.25, 0.3) is 0 Å². The van der Waals surface area contributed by atoms with Crippen LogP contribution in [0.15, 0.2) is 10.6 Å². The third-order valence-electron chi connectivity index (χ3n) is 7.29. The minimum atomic E-state index is -3.54. The van der Waals surface area contributed by atoms with Crippen molar-refractivity contribution in [2.24, 2.45) is 0 Å². The highest BCUT2D eigenvalue weighted by atomic mass is 32.2. The Bertz CT molecular complexity index is 937. The van der Waals surface area contributed by atoms with Crippen LogP contribution in [-0.4, -0.2) is 84.6 Å². The molecule has 1 aromatic heterocycles. The Morgan fingerprint density at radius 3 is 2.42 bits per heavy atom. The van der Waals surface area contributed by atoms with Crippen LogP contribution in [-0.2, 0) is 14.9 Å². The third-order valence-corrected chi connectivity index (χ3v) is 9.37. The van der Waals surface area contributed by atoms with Gasteiger partial charge in [0.25, 0.3) is 16.1 Å². The molecule has 1 aliphatic carbocycles. The molecular formula is C20H29N5O5S. The number of ether oxygens (including phenoxy) is 1.